The number of halogens is 1. The summed E-state index contributed by atoms with van der Waals surface area (Å²) < 4.78 is 0. The first-order valence-electron chi connectivity index (χ1n) is 3.72. The van der Waals surface area contributed by atoms with Crippen LogP contribution in [0.25, 0.3) is 0 Å². The first-order valence-corrected chi connectivity index (χ1v) is 4.60. The van der Waals surface area contributed by atoms with E-state index in [-0.39, 0.29) is 35.8 Å². The largest absolute Gasteiger partial charge is 1.00 e. The summed E-state index contributed by atoms with van der Waals surface area (Å²) in [5.41, 5.74) is 4.73. The summed E-state index contributed by atoms with van der Waals surface area (Å²) in [5, 5.41) is 1.99. The predicted molar refractivity (Wildman–Crippen MR) is 43.6 cm³/mol. The van der Waals surface area contributed by atoms with Gasteiger partial charge in [0.1, 0.15) is 6.04 Å². The molecule has 66 valence electrons. The van der Waals surface area contributed by atoms with E-state index in [2.05, 4.69) is 5.73 Å². The Balaban J connectivity index is 0.000000720. The molecule has 2 nitrogen and oxygen atoms in total. The molecule has 0 saturated carbocycles. The minimum atomic E-state index is -0.00269. The number of hydrogen-bond donors (Lipinski definition) is 1. The zero-order valence-electron chi connectivity index (χ0n) is 6.55. The molecule has 0 radical (unpaired) electrons. The SMILES string of the molecule is [I-].[NH3+]C1CCc2sccc2C1=O. The van der Waals surface area contributed by atoms with E-state index in [1.54, 1.807) is 11.3 Å². The van der Waals surface area contributed by atoms with Gasteiger partial charge in [-0.25, -0.2) is 0 Å². The minimum Gasteiger partial charge on any atom is -1.00 e. The number of carbonyl (C=O) groups is 1. The minimum absolute atomic E-state index is 0. The highest BCUT2D eigenvalue weighted by Gasteiger charge is 2.27. The van der Waals surface area contributed by atoms with Crippen molar-refractivity contribution >= 4 is 17.1 Å². The number of Topliss-reactive ketones (excluding diaryl/α,β-unsaturated/α-hetero) is 1. The lowest BCUT2D eigenvalue weighted by atomic mass is 9.94. The molecule has 1 heterocycles. The average Bonchev–Trinajstić information content (AvgIpc) is 2.45. The van der Waals surface area contributed by atoms with Crippen LogP contribution in [-0.4, -0.2) is 11.8 Å². The van der Waals surface area contributed by atoms with Crippen LogP contribution in [0.2, 0.25) is 0 Å². The highest BCUT2D eigenvalue weighted by molar-refractivity contribution is 7.10. The third-order valence-electron chi connectivity index (χ3n) is 2.10. The van der Waals surface area contributed by atoms with Crippen LogP contribution in [0.1, 0.15) is 21.7 Å². The van der Waals surface area contributed by atoms with Crippen LogP contribution in [0.4, 0.5) is 0 Å². The molecule has 0 amide bonds. The number of quaternary nitrogens is 1. The topological polar surface area (TPSA) is 44.7 Å². The second kappa shape index (κ2) is 3.85. The van der Waals surface area contributed by atoms with Gasteiger partial charge in [0.15, 0.2) is 0 Å². The number of ketones is 1. The molecule has 1 aromatic rings. The Bertz CT molecular complexity index is 297. The Hall–Kier alpha value is 0.0600. The Morgan fingerprint density at radius 2 is 2.33 bits per heavy atom. The van der Waals surface area contributed by atoms with Crippen LogP contribution < -0.4 is 29.7 Å². The molecule has 0 fully saturated rings. The highest BCUT2D eigenvalue weighted by atomic mass is 127. The van der Waals surface area contributed by atoms with Gasteiger partial charge in [0.05, 0.1) is 0 Å². The summed E-state index contributed by atoms with van der Waals surface area (Å²) in [4.78, 5) is 12.7. The van der Waals surface area contributed by atoms with E-state index in [1.165, 1.54) is 4.88 Å². The maximum Gasteiger partial charge on any atom is 0.220 e. The maximum atomic E-state index is 11.4. The molecular weight excluding hydrogens is 285 g/mol. The van der Waals surface area contributed by atoms with Gasteiger partial charge in [-0.1, -0.05) is 0 Å². The van der Waals surface area contributed by atoms with Gasteiger partial charge in [-0.15, -0.1) is 11.3 Å². The Morgan fingerprint density at radius 3 is 3.08 bits per heavy atom. The maximum absolute atomic E-state index is 11.4. The first kappa shape index (κ1) is 10.1. The molecule has 0 aromatic carbocycles. The van der Waals surface area contributed by atoms with E-state index in [0.717, 1.165) is 18.4 Å². The lowest BCUT2D eigenvalue weighted by Crippen LogP contribution is -3.00. The van der Waals surface area contributed by atoms with E-state index in [0.29, 0.717) is 0 Å². The fourth-order valence-corrected chi connectivity index (χ4v) is 2.31. The predicted octanol–water partition coefficient (Wildman–Crippen LogP) is -2.51. The Kier molecular flexibility index (Phi) is 3.25. The quantitative estimate of drug-likeness (QED) is 0.528. The van der Waals surface area contributed by atoms with Gasteiger partial charge in [0.25, 0.3) is 0 Å². The number of fused-ring (bicyclic) bond motifs is 1. The summed E-state index contributed by atoms with van der Waals surface area (Å²) in [7, 11) is 0. The van der Waals surface area contributed by atoms with Crippen molar-refractivity contribution in [3.8, 4) is 0 Å². The number of aryl methyl sites for hydroxylation is 1. The average molecular weight is 295 g/mol. The molecule has 0 saturated heterocycles. The molecule has 0 bridgehead atoms. The molecule has 1 unspecified atom stereocenters. The molecule has 1 aliphatic rings. The van der Waals surface area contributed by atoms with Gasteiger partial charge in [-0.3, -0.25) is 4.79 Å². The molecule has 1 aliphatic carbocycles. The van der Waals surface area contributed by atoms with Crippen LogP contribution in [-0.2, 0) is 6.42 Å². The lowest BCUT2D eigenvalue weighted by Gasteiger charge is -2.13. The van der Waals surface area contributed by atoms with Crippen LogP contribution in [0, 0.1) is 0 Å². The van der Waals surface area contributed by atoms with Gasteiger partial charge in [0, 0.05) is 16.9 Å². The summed E-state index contributed by atoms with van der Waals surface area (Å²) in [5.74, 6) is 0.229. The molecule has 0 aliphatic heterocycles. The highest BCUT2D eigenvalue weighted by Crippen LogP contribution is 2.24. The second-order valence-corrected chi connectivity index (χ2v) is 3.86. The van der Waals surface area contributed by atoms with E-state index in [1.807, 2.05) is 11.4 Å². The third-order valence-corrected chi connectivity index (χ3v) is 3.08. The summed E-state index contributed by atoms with van der Waals surface area (Å²) >= 11 is 1.68. The molecule has 4 heteroatoms. The molecule has 1 aromatic heterocycles. The smallest absolute Gasteiger partial charge is 0.220 e. The summed E-state index contributed by atoms with van der Waals surface area (Å²) in [6.45, 7) is 0. The van der Waals surface area contributed by atoms with Crippen molar-refractivity contribution in [3.05, 3.63) is 21.9 Å². The number of carbonyl (C=O) groups excluding carboxylic acids is 1. The zero-order chi connectivity index (χ0) is 7.84. The molecule has 3 N–H and O–H groups in total. The van der Waals surface area contributed by atoms with Crippen LogP contribution >= 0.6 is 11.3 Å². The zero-order valence-corrected chi connectivity index (χ0v) is 9.52. The Morgan fingerprint density at radius 1 is 1.58 bits per heavy atom. The molecule has 0 spiro atoms. The van der Waals surface area contributed by atoms with Gasteiger partial charge < -0.3 is 29.7 Å². The standard InChI is InChI=1S/C8H9NOS.HI/c9-6-1-2-7-5(8(6)10)3-4-11-7;/h3-4,6H,1-2,9H2;1H. The van der Waals surface area contributed by atoms with E-state index >= 15 is 0 Å². The number of rotatable bonds is 0. The lowest BCUT2D eigenvalue weighted by molar-refractivity contribution is -0.400. The van der Waals surface area contributed by atoms with Crippen LogP contribution in [0.3, 0.4) is 0 Å². The van der Waals surface area contributed by atoms with Crippen molar-refractivity contribution in [1.82, 2.24) is 0 Å². The fourth-order valence-electron chi connectivity index (χ4n) is 1.41. The van der Waals surface area contributed by atoms with Crippen molar-refractivity contribution in [2.75, 3.05) is 0 Å². The van der Waals surface area contributed by atoms with Crippen molar-refractivity contribution in [2.24, 2.45) is 0 Å². The molecular formula is C8H10INOS. The second-order valence-electron chi connectivity index (χ2n) is 2.86. The van der Waals surface area contributed by atoms with E-state index < -0.39 is 0 Å². The van der Waals surface area contributed by atoms with Crippen molar-refractivity contribution in [3.63, 3.8) is 0 Å². The summed E-state index contributed by atoms with van der Waals surface area (Å²) in [6, 6.07) is 1.91. The van der Waals surface area contributed by atoms with Gasteiger partial charge in [-0.2, -0.15) is 0 Å². The van der Waals surface area contributed by atoms with Crippen LogP contribution in [0.15, 0.2) is 11.4 Å². The molecule has 1 atom stereocenters. The van der Waals surface area contributed by atoms with Crippen molar-refractivity contribution in [1.29, 1.82) is 0 Å². The van der Waals surface area contributed by atoms with Gasteiger partial charge in [-0.05, 0) is 17.9 Å². The number of hydrogen-bond acceptors (Lipinski definition) is 2. The van der Waals surface area contributed by atoms with Crippen molar-refractivity contribution in [2.45, 2.75) is 18.9 Å². The molecule has 12 heavy (non-hydrogen) atoms. The molecule has 2 rings (SSSR count). The fraction of sp³-hybridized carbons (Fsp3) is 0.375. The third kappa shape index (κ3) is 1.55. The van der Waals surface area contributed by atoms with E-state index in [4.69, 9.17) is 0 Å². The summed E-state index contributed by atoms with van der Waals surface area (Å²) in [6.07, 6.45) is 1.96. The van der Waals surface area contributed by atoms with Crippen LogP contribution in [0.5, 0.6) is 0 Å². The normalized spacial score (nSPS) is 21.4. The number of thiophene rings is 1. The Labute approximate surface area is 92.2 Å². The van der Waals surface area contributed by atoms with Gasteiger partial charge >= 0.3 is 0 Å². The monoisotopic (exact) mass is 295 g/mol. The van der Waals surface area contributed by atoms with E-state index in [9.17, 15) is 4.79 Å². The first-order chi connectivity index (χ1) is 5.29. The van der Waals surface area contributed by atoms with Gasteiger partial charge in [0.2, 0.25) is 5.78 Å². The van der Waals surface area contributed by atoms with Crippen molar-refractivity contribution < 1.29 is 34.5 Å².